The van der Waals surface area contributed by atoms with Gasteiger partial charge in [0.25, 0.3) is 0 Å². The minimum absolute atomic E-state index is 0.652. The van der Waals surface area contributed by atoms with E-state index >= 15 is 0 Å². The third-order valence-electron chi connectivity index (χ3n) is 3.97. The number of hydrogen-bond acceptors (Lipinski definition) is 1. The van der Waals surface area contributed by atoms with Crippen molar-refractivity contribution in [3.63, 3.8) is 0 Å². The highest BCUT2D eigenvalue weighted by Crippen LogP contribution is 2.25. The Bertz CT molecular complexity index is 571. The van der Waals surface area contributed by atoms with Crippen LogP contribution in [0.15, 0.2) is 66.2 Å². The summed E-state index contributed by atoms with van der Waals surface area (Å²) in [5.41, 5.74) is 4.27. The van der Waals surface area contributed by atoms with E-state index in [1.54, 1.807) is 5.57 Å². The summed E-state index contributed by atoms with van der Waals surface area (Å²) >= 11 is 0. The third-order valence-corrected chi connectivity index (χ3v) is 3.97. The molecule has 2 aromatic carbocycles. The van der Waals surface area contributed by atoms with Crippen molar-refractivity contribution in [2.75, 3.05) is 13.1 Å². The van der Waals surface area contributed by atoms with Crippen molar-refractivity contribution >= 4 is 6.08 Å². The average Bonchev–Trinajstić information content (AvgIpc) is 2.81. The maximum Gasteiger partial charge on any atom is 0.0237 e. The van der Waals surface area contributed by atoms with Crippen LogP contribution in [0.1, 0.15) is 18.1 Å². The highest BCUT2D eigenvalue weighted by molar-refractivity contribution is 5.54. The summed E-state index contributed by atoms with van der Waals surface area (Å²) in [7, 11) is 0. The topological polar surface area (TPSA) is 3.24 Å². The number of benzene rings is 2. The first kappa shape index (κ1) is 13.1. The fourth-order valence-electron chi connectivity index (χ4n) is 2.90. The van der Waals surface area contributed by atoms with E-state index in [1.807, 2.05) is 0 Å². The molecule has 0 radical (unpaired) electrons. The SMILES string of the molecule is C[C@@H]1CN(Cc2ccccc2)C/C1=C\c1ccccc1. The molecule has 0 amide bonds. The van der Waals surface area contributed by atoms with Crippen LogP contribution in [0.25, 0.3) is 6.08 Å². The van der Waals surface area contributed by atoms with Crippen molar-refractivity contribution in [2.45, 2.75) is 13.5 Å². The lowest BCUT2D eigenvalue weighted by Gasteiger charge is -2.14. The molecular formula is C19H21N. The zero-order valence-corrected chi connectivity index (χ0v) is 12.0. The molecule has 0 aromatic heterocycles. The van der Waals surface area contributed by atoms with Gasteiger partial charge in [0.05, 0.1) is 0 Å². The lowest BCUT2D eigenvalue weighted by Crippen LogP contribution is -2.19. The van der Waals surface area contributed by atoms with E-state index in [2.05, 4.69) is 78.6 Å². The minimum atomic E-state index is 0.652. The van der Waals surface area contributed by atoms with Crippen molar-refractivity contribution in [1.29, 1.82) is 0 Å². The van der Waals surface area contributed by atoms with Gasteiger partial charge in [-0.15, -0.1) is 0 Å². The number of nitrogens with zero attached hydrogens (tertiary/aromatic N) is 1. The molecule has 1 saturated heterocycles. The van der Waals surface area contributed by atoms with Crippen LogP contribution in [-0.4, -0.2) is 18.0 Å². The van der Waals surface area contributed by atoms with Crippen LogP contribution in [0.2, 0.25) is 0 Å². The molecule has 3 rings (SSSR count). The molecular weight excluding hydrogens is 242 g/mol. The van der Waals surface area contributed by atoms with Gasteiger partial charge in [0.2, 0.25) is 0 Å². The molecule has 0 bridgehead atoms. The number of likely N-dealkylation sites (tertiary alicyclic amines) is 1. The van der Waals surface area contributed by atoms with Crippen molar-refractivity contribution in [2.24, 2.45) is 5.92 Å². The van der Waals surface area contributed by atoms with Gasteiger partial charge in [0, 0.05) is 19.6 Å². The summed E-state index contributed by atoms with van der Waals surface area (Å²) < 4.78 is 0. The van der Waals surface area contributed by atoms with Gasteiger partial charge < -0.3 is 0 Å². The van der Waals surface area contributed by atoms with Gasteiger partial charge >= 0.3 is 0 Å². The van der Waals surface area contributed by atoms with Crippen LogP contribution >= 0.6 is 0 Å². The summed E-state index contributed by atoms with van der Waals surface area (Å²) in [6.45, 7) is 5.63. The quantitative estimate of drug-likeness (QED) is 0.801. The molecule has 0 aliphatic carbocycles. The van der Waals surface area contributed by atoms with Gasteiger partial charge in [-0.1, -0.05) is 79.2 Å². The molecule has 0 spiro atoms. The monoisotopic (exact) mass is 263 g/mol. The third kappa shape index (κ3) is 3.17. The number of hydrogen-bond donors (Lipinski definition) is 0. The number of rotatable bonds is 3. The maximum atomic E-state index is 2.54. The molecule has 0 saturated carbocycles. The van der Waals surface area contributed by atoms with Gasteiger partial charge in [-0.25, -0.2) is 0 Å². The summed E-state index contributed by atoms with van der Waals surface area (Å²) in [5, 5.41) is 0. The Morgan fingerprint density at radius 3 is 2.35 bits per heavy atom. The van der Waals surface area contributed by atoms with Crippen LogP contribution in [0, 0.1) is 5.92 Å². The Hall–Kier alpha value is -1.86. The molecule has 1 nitrogen and oxygen atoms in total. The molecule has 0 N–H and O–H groups in total. The first-order valence-electron chi connectivity index (χ1n) is 7.33. The smallest absolute Gasteiger partial charge is 0.0237 e. The zero-order chi connectivity index (χ0) is 13.8. The molecule has 1 fully saturated rings. The van der Waals surface area contributed by atoms with Crippen molar-refractivity contribution in [1.82, 2.24) is 4.90 Å². The van der Waals surface area contributed by atoms with Crippen LogP contribution in [0.5, 0.6) is 0 Å². The average molecular weight is 263 g/mol. The fraction of sp³-hybridized carbons (Fsp3) is 0.263. The molecule has 1 aliphatic heterocycles. The Balaban J connectivity index is 1.69. The molecule has 1 heterocycles. The summed E-state index contributed by atoms with van der Waals surface area (Å²) in [6.07, 6.45) is 2.36. The molecule has 2 aromatic rings. The lowest BCUT2D eigenvalue weighted by molar-refractivity contribution is 0.322. The normalized spacial score (nSPS) is 21.4. The highest BCUT2D eigenvalue weighted by Gasteiger charge is 2.23. The van der Waals surface area contributed by atoms with Crippen LogP contribution in [-0.2, 0) is 6.54 Å². The second-order valence-corrected chi connectivity index (χ2v) is 5.69. The largest absolute Gasteiger partial charge is 0.295 e. The predicted octanol–water partition coefficient (Wildman–Crippen LogP) is 4.22. The van der Waals surface area contributed by atoms with Crippen LogP contribution in [0.3, 0.4) is 0 Å². The first-order valence-corrected chi connectivity index (χ1v) is 7.33. The van der Waals surface area contributed by atoms with Gasteiger partial charge in [0.15, 0.2) is 0 Å². The van der Waals surface area contributed by atoms with E-state index in [0.29, 0.717) is 5.92 Å². The van der Waals surface area contributed by atoms with E-state index in [4.69, 9.17) is 0 Å². The molecule has 102 valence electrons. The second-order valence-electron chi connectivity index (χ2n) is 5.69. The van der Waals surface area contributed by atoms with E-state index in [0.717, 1.165) is 19.6 Å². The summed E-state index contributed by atoms with van der Waals surface area (Å²) in [6, 6.07) is 21.4. The minimum Gasteiger partial charge on any atom is -0.295 e. The summed E-state index contributed by atoms with van der Waals surface area (Å²) in [4.78, 5) is 2.54. The Kier molecular flexibility index (Phi) is 3.98. The Morgan fingerprint density at radius 1 is 1.00 bits per heavy atom. The fourth-order valence-corrected chi connectivity index (χ4v) is 2.90. The maximum absolute atomic E-state index is 2.54. The molecule has 1 atom stereocenters. The van der Waals surface area contributed by atoms with E-state index < -0.39 is 0 Å². The van der Waals surface area contributed by atoms with Crippen molar-refractivity contribution < 1.29 is 0 Å². The second kappa shape index (κ2) is 6.06. The van der Waals surface area contributed by atoms with Gasteiger partial charge in [-0.3, -0.25) is 4.90 Å². The molecule has 1 heteroatoms. The molecule has 1 aliphatic rings. The van der Waals surface area contributed by atoms with E-state index in [9.17, 15) is 0 Å². The van der Waals surface area contributed by atoms with Crippen molar-refractivity contribution in [3.8, 4) is 0 Å². The highest BCUT2D eigenvalue weighted by atomic mass is 15.1. The Labute approximate surface area is 121 Å². The van der Waals surface area contributed by atoms with Crippen LogP contribution < -0.4 is 0 Å². The predicted molar refractivity (Wildman–Crippen MR) is 85.3 cm³/mol. The lowest BCUT2D eigenvalue weighted by atomic mass is 10.0. The van der Waals surface area contributed by atoms with Crippen molar-refractivity contribution in [3.05, 3.63) is 77.4 Å². The summed E-state index contributed by atoms with van der Waals surface area (Å²) in [5.74, 6) is 0.652. The molecule has 20 heavy (non-hydrogen) atoms. The molecule has 0 unspecified atom stereocenters. The van der Waals surface area contributed by atoms with Crippen LogP contribution in [0.4, 0.5) is 0 Å². The van der Waals surface area contributed by atoms with Gasteiger partial charge in [-0.05, 0) is 17.0 Å². The van der Waals surface area contributed by atoms with Gasteiger partial charge in [0.1, 0.15) is 0 Å². The van der Waals surface area contributed by atoms with E-state index in [1.165, 1.54) is 11.1 Å². The first-order chi connectivity index (χ1) is 9.81. The van der Waals surface area contributed by atoms with E-state index in [-0.39, 0.29) is 0 Å². The standard InChI is InChI=1S/C19H21N/c1-16-13-20(14-18-10-6-3-7-11-18)15-19(16)12-17-8-4-2-5-9-17/h2-12,16H,13-15H2,1H3/b19-12+/t16-/m1/s1. The zero-order valence-electron chi connectivity index (χ0n) is 12.0. The Morgan fingerprint density at radius 2 is 1.65 bits per heavy atom. The van der Waals surface area contributed by atoms with Gasteiger partial charge in [-0.2, -0.15) is 0 Å².